The van der Waals surface area contributed by atoms with Crippen molar-refractivity contribution in [3.05, 3.63) is 43.7 Å². The second kappa shape index (κ2) is 5.96. The summed E-state index contributed by atoms with van der Waals surface area (Å²) < 4.78 is 10.4. The van der Waals surface area contributed by atoms with Gasteiger partial charge in [-0.3, -0.25) is 10.1 Å². The van der Waals surface area contributed by atoms with Gasteiger partial charge in [0.2, 0.25) is 5.76 Å². The Morgan fingerprint density at radius 2 is 2.19 bits per heavy atom. The molecule has 1 heterocycles. The fourth-order valence-corrected chi connectivity index (χ4v) is 2.19. The Balaban J connectivity index is 2.38. The van der Waals surface area contributed by atoms with E-state index in [-0.39, 0.29) is 28.6 Å². The summed E-state index contributed by atoms with van der Waals surface area (Å²) in [6, 6.07) is 3.23. The van der Waals surface area contributed by atoms with Gasteiger partial charge in [0.15, 0.2) is 17.2 Å². The van der Waals surface area contributed by atoms with E-state index in [1.165, 1.54) is 20.1 Å². The Labute approximate surface area is 128 Å². The van der Waals surface area contributed by atoms with Crippen molar-refractivity contribution in [1.29, 1.82) is 0 Å². The zero-order valence-electron chi connectivity index (χ0n) is 11.2. The Morgan fingerprint density at radius 1 is 1.48 bits per heavy atom. The summed E-state index contributed by atoms with van der Waals surface area (Å²) in [7, 11) is 1.43. The summed E-state index contributed by atoms with van der Waals surface area (Å²) in [6.45, 7) is 1.50. The molecule has 2 aromatic rings. The summed E-state index contributed by atoms with van der Waals surface area (Å²) >= 11 is 3.20. The van der Waals surface area contributed by atoms with Crippen molar-refractivity contribution in [2.24, 2.45) is 0 Å². The largest absolute Gasteiger partial charge is 0.503 e. The van der Waals surface area contributed by atoms with E-state index < -0.39 is 4.92 Å². The first-order chi connectivity index (χ1) is 9.93. The number of aryl methyl sites for hydroxylation is 1. The Bertz CT molecular complexity index is 724. The number of phenolic OH excluding ortho intramolecular Hbond substituents is 1. The number of phenols is 1. The average Bonchev–Trinajstić information content (AvgIpc) is 2.81. The van der Waals surface area contributed by atoms with E-state index >= 15 is 0 Å². The molecule has 1 aromatic carbocycles. The molecule has 0 atom stereocenters. The van der Waals surface area contributed by atoms with Crippen LogP contribution in [0, 0.1) is 17.0 Å². The van der Waals surface area contributed by atoms with Crippen LogP contribution in [0.5, 0.6) is 11.5 Å². The van der Waals surface area contributed by atoms with Gasteiger partial charge >= 0.3 is 5.69 Å². The Morgan fingerprint density at radius 3 is 2.81 bits per heavy atom. The predicted molar refractivity (Wildman–Crippen MR) is 79.2 cm³/mol. The molecule has 110 valence electrons. The number of benzene rings is 1. The van der Waals surface area contributed by atoms with E-state index in [1.807, 2.05) is 0 Å². The van der Waals surface area contributed by atoms with Crippen LogP contribution in [0.15, 0.2) is 21.1 Å². The summed E-state index contributed by atoms with van der Waals surface area (Å²) in [4.78, 5) is 10.4. The molecule has 0 unspecified atom stereocenters. The summed E-state index contributed by atoms with van der Waals surface area (Å²) in [6.07, 6.45) is 3.04. The van der Waals surface area contributed by atoms with Crippen LogP contribution in [-0.4, -0.2) is 22.3 Å². The molecule has 2 rings (SSSR count). The number of aromatic hydroxyl groups is 1. The molecule has 0 saturated heterocycles. The van der Waals surface area contributed by atoms with Crippen LogP contribution in [0.25, 0.3) is 12.2 Å². The van der Waals surface area contributed by atoms with Crippen molar-refractivity contribution >= 4 is 33.8 Å². The zero-order valence-corrected chi connectivity index (χ0v) is 12.7. The maximum Gasteiger partial charge on any atom is 0.338 e. The first-order valence-corrected chi connectivity index (χ1v) is 6.58. The third kappa shape index (κ3) is 3.05. The van der Waals surface area contributed by atoms with Crippen molar-refractivity contribution in [3.8, 4) is 11.5 Å². The molecular formula is C13H11BrN2O5. The third-order valence-electron chi connectivity index (χ3n) is 2.74. The van der Waals surface area contributed by atoms with Gasteiger partial charge in [0.25, 0.3) is 0 Å². The Hall–Kier alpha value is -2.35. The number of hydrogen-bond acceptors (Lipinski definition) is 6. The predicted octanol–water partition coefficient (Wildman–Crippen LogP) is 3.54. The average molecular weight is 355 g/mol. The van der Waals surface area contributed by atoms with Gasteiger partial charge in [-0.2, -0.15) is 0 Å². The molecule has 7 nitrogen and oxygen atoms in total. The fourth-order valence-electron chi connectivity index (χ4n) is 1.73. The van der Waals surface area contributed by atoms with Crippen LogP contribution in [0.1, 0.15) is 17.0 Å². The monoisotopic (exact) mass is 354 g/mol. The normalized spacial score (nSPS) is 11.0. The number of hydrogen-bond donors (Lipinski definition) is 1. The SMILES string of the molecule is COc1cc(/C=C\c2onc(C)c2[N+](=O)[O-])cc(Br)c1O. The van der Waals surface area contributed by atoms with Crippen molar-refractivity contribution in [2.45, 2.75) is 6.92 Å². The number of nitro groups is 1. The van der Waals surface area contributed by atoms with Gasteiger partial charge < -0.3 is 14.4 Å². The molecular weight excluding hydrogens is 344 g/mol. The zero-order chi connectivity index (χ0) is 15.6. The van der Waals surface area contributed by atoms with Crippen LogP contribution in [0.4, 0.5) is 5.69 Å². The second-order valence-electron chi connectivity index (χ2n) is 4.12. The van der Waals surface area contributed by atoms with Gasteiger partial charge in [-0.25, -0.2) is 0 Å². The van der Waals surface area contributed by atoms with Gasteiger partial charge in [-0.15, -0.1) is 0 Å². The van der Waals surface area contributed by atoms with Gasteiger partial charge in [0.05, 0.1) is 16.5 Å². The molecule has 0 bridgehead atoms. The quantitative estimate of drug-likeness (QED) is 0.665. The van der Waals surface area contributed by atoms with E-state index in [0.717, 1.165) is 0 Å². The first kappa shape index (κ1) is 15.0. The van der Waals surface area contributed by atoms with E-state index in [4.69, 9.17) is 9.26 Å². The summed E-state index contributed by atoms with van der Waals surface area (Å²) in [5.74, 6) is 0.323. The Kier molecular flexibility index (Phi) is 4.27. The number of halogens is 1. The van der Waals surface area contributed by atoms with Crippen molar-refractivity contribution in [3.63, 3.8) is 0 Å². The number of ether oxygens (including phenoxy) is 1. The van der Waals surface area contributed by atoms with Crippen molar-refractivity contribution < 1.29 is 19.3 Å². The molecule has 0 aliphatic carbocycles. The van der Waals surface area contributed by atoms with Crippen molar-refractivity contribution in [1.82, 2.24) is 5.16 Å². The molecule has 0 spiro atoms. The smallest absolute Gasteiger partial charge is 0.338 e. The molecule has 21 heavy (non-hydrogen) atoms. The van der Waals surface area contributed by atoms with Gasteiger partial charge in [0.1, 0.15) is 0 Å². The molecule has 0 radical (unpaired) electrons. The summed E-state index contributed by atoms with van der Waals surface area (Å²) in [5, 5.41) is 24.2. The lowest BCUT2D eigenvalue weighted by atomic mass is 10.1. The standard InChI is InChI=1S/C13H11BrN2O5/c1-7-12(16(18)19)10(21-15-7)4-3-8-5-9(14)13(17)11(6-8)20-2/h3-6,17H,1-2H3/b4-3-. The van der Waals surface area contributed by atoms with Gasteiger partial charge in [-0.05, 0) is 46.6 Å². The van der Waals surface area contributed by atoms with E-state index in [2.05, 4.69) is 21.1 Å². The van der Waals surface area contributed by atoms with Crippen LogP contribution < -0.4 is 4.74 Å². The second-order valence-corrected chi connectivity index (χ2v) is 4.98. The molecule has 1 aromatic heterocycles. The van der Waals surface area contributed by atoms with E-state index in [9.17, 15) is 15.2 Å². The molecule has 1 N–H and O–H groups in total. The van der Waals surface area contributed by atoms with E-state index in [1.54, 1.807) is 18.2 Å². The number of aromatic nitrogens is 1. The lowest BCUT2D eigenvalue weighted by molar-refractivity contribution is -0.386. The topological polar surface area (TPSA) is 98.6 Å². The van der Waals surface area contributed by atoms with Crippen LogP contribution in [0.2, 0.25) is 0 Å². The first-order valence-electron chi connectivity index (χ1n) is 5.79. The maximum absolute atomic E-state index is 10.9. The van der Waals surface area contributed by atoms with Crippen LogP contribution in [-0.2, 0) is 0 Å². The molecule has 0 aliphatic heterocycles. The van der Waals surface area contributed by atoms with Gasteiger partial charge in [0, 0.05) is 0 Å². The highest BCUT2D eigenvalue weighted by atomic mass is 79.9. The highest BCUT2D eigenvalue weighted by molar-refractivity contribution is 9.10. The maximum atomic E-state index is 10.9. The van der Waals surface area contributed by atoms with Crippen LogP contribution in [0.3, 0.4) is 0 Å². The molecule has 0 saturated carbocycles. The minimum atomic E-state index is -0.543. The lowest BCUT2D eigenvalue weighted by Gasteiger charge is -2.06. The van der Waals surface area contributed by atoms with Gasteiger partial charge in [-0.1, -0.05) is 11.2 Å². The van der Waals surface area contributed by atoms with Crippen LogP contribution >= 0.6 is 15.9 Å². The highest BCUT2D eigenvalue weighted by Gasteiger charge is 2.21. The minimum absolute atomic E-state index is 0.0175. The molecule has 0 fully saturated rings. The summed E-state index contributed by atoms with van der Waals surface area (Å²) in [5.41, 5.74) is 0.708. The van der Waals surface area contributed by atoms with E-state index in [0.29, 0.717) is 10.0 Å². The third-order valence-corrected chi connectivity index (χ3v) is 3.34. The highest BCUT2D eigenvalue weighted by Crippen LogP contribution is 2.36. The number of nitrogens with zero attached hydrogens (tertiary/aromatic N) is 2. The number of methoxy groups -OCH3 is 1. The fraction of sp³-hybridized carbons (Fsp3) is 0.154. The molecule has 0 amide bonds. The molecule has 0 aliphatic rings. The minimum Gasteiger partial charge on any atom is -0.503 e. The molecule has 8 heteroatoms. The van der Waals surface area contributed by atoms with Crippen molar-refractivity contribution in [2.75, 3.05) is 7.11 Å². The lowest BCUT2D eigenvalue weighted by Crippen LogP contribution is -1.90. The number of rotatable bonds is 4.